The summed E-state index contributed by atoms with van der Waals surface area (Å²) < 4.78 is 0. The zero-order chi connectivity index (χ0) is 29.1. The number of carbonyl (C=O) groups is 3. The van der Waals surface area contributed by atoms with Crippen LogP contribution in [0.1, 0.15) is 47.2 Å². The molecule has 1 aromatic carbocycles. The first-order chi connectivity index (χ1) is 19.2. The van der Waals surface area contributed by atoms with Crippen LogP contribution in [-0.2, 0) is 21.5 Å². The van der Waals surface area contributed by atoms with Crippen LogP contribution in [0.2, 0.25) is 0 Å². The van der Waals surface area contributed by atoms with Crippen molar-refractivity contribution in [3.63, 3.8) is 0 Å². The Labute approximate surface area is 230 Å². The lowest BCUT2D eigenvalue weighted by atomic mass is 9.80. The van der Waals surface area contributed by atoms with Gasteiger partial charge in [-0.15, -0.1) is 0 Å². The second-order valence-corrected chi connectivity index (χ2v) is 9.11. The van der Waals surface area contributed by atoms with Crippen LogP contribution >= 0.6 is 0 Å². The van der Waals surface area contributed by atoms with Gasteiger partial charge in [0.25, 0.3) is 5.91 Å². The number of nitriles is 1. The van der Waals surface area contributed by atoms with Crippen LogP contribution < -0.4 is 10.6 Å². The number of benzene rings is 1. The molecule has 0 spiro atoms. The molecule has 2 aromatic heterocycles. The first-order valence-corrected chi connectivity index (χ1v) is 12.4. The summed E-state index contributed by atoms with van der Waals surface area (Å²) in [6, 6.07) is 17.5. The van der Waals surface area contributed by atoms with E-state index in [-0.39, 0.29) is 11.3 Å². The van der Waals surface area contributed by atoms with Gasteiger partial charge in [-0.2, -0.15) is 5.26 Å². The van der Waals surface area contributed by atoms with E-state index in [2.05, 4.69) is 26.7 Å². The molecular weight excluding hydrogens is 518 g/mol. The van der Waals surface area contributed by atoms with Gasteiger partial charge < -0.3 is 31.1 Å². The summed E-state index contributed by atoms with van der Waals surface area (Å²) in [5.41, 5.74) is 2.87. The van der Waals surface area contributed by atoms with Crippen LogP contribution in [-0.4, -0.2) is 60.4 Å². The van der Waals surface area contributed by atoms with Crippen LogP contribution in [0.3, 0.4) is 0 Å². The summed E-state index contributed by atoms with van der Waals surface area (Å²) in [7, 11) is 0. The number of aliphatic hydroxyl groups is 2. The highest BCUT2D eigenvalue weighted by Gasteiger charge is 2.35. The number of aliphatic hydroxyl groups excluding tert-OH is 2. The van der Waals surface area contributed by atoms with Crippen molar-refractivity contribution < 1.29 is 34.8 Å². The van der Waals surface area contributed by atoms with E-state index in [1.807, 2.05) is 36.4 Å². The van der Waals surface area contributed by atoms with Crippen molar-refractivity contribution in [2.75, 3.05) is 10.6 Å². The van der Waals surface area contributed by atoms with Gasteiger partial charge in [-0.1, -0.05) is 25.0 Å². The third-order valence-corrected chi connectivity index (χ3v) is 6.43. The lowest BCUT2D eigenvalue weighted by Gasteiger charge is -2.21. The molecule has 0 aliphatic heterocycles. The van der Waals surface area contributed by atoms with E-state index in [0.29, 0.717) is 23.6 Å². The molecule has 0 radical (unpaired) electrons. The maximum atomic E-state index is 12.9. The molecule has 6 N–H and O–H groups in total. The van der Waals surface area contributed by atoms with Gasteiger partial charge in [-0.3, -0.25) is 9.78 Å². The number of aliphatic carboxylic acids is 2. The predicted molar refractivity (Wildman–Crippen MR) is 143 cm³/mol. The Hall–Kier alpha value is -4.86. The molecule has 1 amide bonds. The molecule has 4 rings (SSSR count). The SMILES string of the molecule is N#CC1(c2ccc(NC(=O)c3cccnc3NCc3ccncc3)cc2)CCCC1.O=C(O)[C@H](O)[C@@H](O)C(=O)O. The molecule has 0 unspecified atom stereocenters. The van der Waals surface area contributed by atoms with Gasteiger partial charge in [0, 0.05) is 30.8 Å². The number of anilines is 2. The fourth-order valence-corrected chi connectivity index (χ4v) is 4.20. The molecule has 2 atom stereocenters. The number of aromatic nitrogens is 2. The number of hydrogen-bond donors (Lipinski definition) is 6. The summed E-state index contributed by atoms with van der Waals surface area (Å²) in [5.74, 6) is -3.24. The Bertz CT molecular complexity index is 1340. The van der Waals surface area contributed by atoms with Crippen LogP contribution in [0.25, 0.3) is 0 Å². The minimum atomic E-state index is -2.27. The normalized spacial score (nSPS) is 14.9. The topological polar surface area (TPSA) is 206 Å². The average molecular weight is 548 g/mol. The van der Waals surface area contributed by atoms with E-state index in [1.165, 1.54) is 0 Å². The quantitative estimate of drug-likeness (QED) is 0.229. The predicted octanol–water partition coefficient (Wildman–Crippen LogP) is 2.55. The molecule has 1 fully saturated rings. The number of carboxylic acids is 2. The van der Waals surface area contributed by atoms with E-state index in [9.17, 15) is 19.6 Å². The molecule has 2 heterocycles. The summed E-state index contributed by atoms with van der Waals surface area (Å²) in [4.78, 5) is 40.7. The largest absolute Gasteiger partial charge is 0.479 e. The Morgan fingerprint density at radius 2 is 1.52 bits per heavy atom. The number of hydrogen-bond acceptors (Lipinski definition) is 9. The molecule has 0 bridgehead atoms. The van der Waals surface area contributed by atoms with Crippen molar-refractivity contribution in [3.05, 3.63) is 83.8 Å². The molecule has 0 saturated heterocycles. The molecule has 3 aromatic rings. The van der Waals surface area contributed by atoms with Crippen LogP contribution in [0.5, 0.6) is 0 Å². The highest BCUT2D eigenvalue weighted by atomic mass is 16.4. The fourth-order valence-electron chi connectivity index (χ4n) is 4.20. The smallest absolute Gasteiger partial charge is 0.335 e. The fraction of sp³-hybridized carbons (Fsp3) is 0.286. The van der Waals surface area contributed by atoms with Gasteiger partial charge >= 0.3 is 11.9 Å². The Morgan fingerprint density at radius 1 is 0.925 bits per heavy atom. The maximum absolute atomic E-state index is 12.9. The first kappa shape index (κ1) is 29.7. The molecule has 208 valence electrons. The molecule has 1 saturated carbocycles. The zero-order valence-corrected chi connectivity index (χ0v) is 21.4. The number of pyridine rings is 2. The molecule has 40 heavy (non-hydrogen) atoms. The van der Waals surface area contributed by atoms with Crippen molar-refractivity contribution in [1.82, 2.24) is 9.97 Å². The van der Waals surface area contributed by atoms with Gasteiger partial charge in [-0.05, 0) is 60.4 Å². The third kappa shape index (κ3) is 7.59. The molecule has 1 aliphatic rings. The van der Waals surface area contributed by atoms with Crippen molar-refractivity contribution in [2.24, 2.45) is 0 Å². The number of amides is 1. The maximum Gasteiger partial charge on any atom is 0.335 e. The summed E-state index contributed by atoms with van der Waals surface area (Å²) in [5, 5.41) is 48.3. The van der Waals surface area contributed by atoms with Gasteiger partial charge in [0.15, 0.2) is 12.2 Å². The summed E-state index contributed by atoms with van der Waals surface area (Å²) >= 11 is 0. The standard InChI is InChI=1S/C24H23N5O.C4H6O6/c25-17-24(11-1-2-12-24)19-5-7-20(8-6-19)29-23(30)21-4-3-13-27-22(21)28-16-18-9-14-26-15-10-18;5-1(3(7)8)2(6)4(9)10/h3-10,13-15H,1-2,11-12,16H2,(H,27,28)(H,29,30);1-2,5-6H,(H,7,8)(H,9,10)/t;1-,2-/m.1/s1. The summed E-state index contributed by atoms with van der Waals surface area (Å²) in [6.07, 6.45) is 4.56. The number of carbonyl (C=O) groups excluding carboxylic acids is 1. The van der Waals surface area contributed by atoms with E-state index >= 15 is 0 Å². The molecule has 12 heteroatoms. The van der Waals surface area contributed by atoms with Gasteiger partial charge in [-0.25, -0.2) is 14.6 Å². The monoisotopic (exact) mass is 547 g/mol. The second kappa shape index (κ2) is 13.8. The van der Waals surface area contributed by atoms with Crippen LogP contribution in [0.4, 0.5) is 11.5 Å². The Morgan fingerprint density at radius 3 is 2.08 bits per heavy atom. The van der Waals surface area contributed by atoms with E-state index in [4.69, 9.17) is 20.4 Å². The van der Waals surface area contributed by atoms with Crippen molar-refractivity contribution in [2.45, 2.75) is 49.9 Å². The molecule has 12 nitrogen and oxygen atoms in total. The minimum absolute atomic E-state index is 0.232. The number of nitrogens with one attached hydrogen (secondary N) is 2. The number of nitrogens with zero attached hydrogens (tertiary/aromatic N) is 3. The highest BCUT2D eigenvalue weighted by molar-refractivity contribution is 6.07. The van der Waals surface area contributed by atoms with E-state index in [0.717, 1.165) is 36.8 Å². The third-order valence-electron chi connectivity index (χ3n) is 6.43. The zero-order valence-electron chi connectivity index (χ0n) is 21.4. The Kier molecular flexibility index (Phi) is 10.2. The second-order valence-electron chi connectivity index (χ2n) is 9.11. The van der Waals surface area contributed by atoms with Crippen molar-refractivity contribution >= 4 is 29.4 Å². The van der Waals surface area contributed by atoms with Crippen LogP contribution in [0, 0.1) is 11.3 Å². The van der Waals surface area contributed by atoms with Crippen molar-refractivity contribution in [1.29, 1.82) is 5.26 Å². The van der Waals surface area contributed by atoms with Gasteiger partial charge in [0.05, 0.1) is 17.0 Å². The highest BCUT2D eigenvalue weighted by Crippen LogP contribution is 2.40. The number of rotatable bonds is 9. The minimum Gasteiger partial charge on any atom is -0.479 e. The average Bonchev–Trinajstić information content (AvgIpc) is 3.47. The molecule has 1 aliphatic carbocycles. The first-order valence-electron chi connectivity index (χ1n) is 12.4. The number of carboxylic acid groups (broad SMARTS) is 2. The Balaban J connectivity index is 0.000000378. The lowest BCUT2D eigenvalue weighted by molar-refractivity contribution is -0.165. The van der Waals surface area contributed by atoms with Crippen LogP contribution in [0.15, 0.2) is 67.1 Å². The lowest BCUT2D eigenvalue weighted by Crippen LogP contribution is -2.39. The summed E-state index contributed by atoms with van der Waals surface area (Å²) in [6.45, 7) is 0.546. The van der Waals surface area contributed by atoms with E-state index < -0.39 is 24.1 Å². The van der Waals surface area contributed by atoms with Crippen molar-refractivity contribution in [3.8, 4) is 6.07 Å². The van der Waals surface area contributed by atoms with Gasteiger partial charge in [0.2, 0.25) is 0 Å². The van der Waals surface area contributed by atoms with Gasteiger partial charge in [0.1, 0.15) is 5.82 Å². The van der Waals surface area contributed by atoms with E-state index in [1.54, 1.807) is 30.7 Å². The molecular formula is C28H29N5O7.